The van der Waals surface area contributed by atoms with E-state index in [-0.39, 0.29) is 0 Å². The van der Waals surface area contributed by atoms with Gasteiger partial charge < -0.3 is 10.3 Å². The van der Waals surface area contributed by atoms with Gasteiger partial charge in [-0.25, -0.2) is 4.98 Å². The first kappa shape index (κ1) is 12.2. The number of nitrogens with zero attached hydrogens (tertiary/aromatic N) is 1. The molecule has 0 saturated heterocycles. The van der Waals surface area contributed by atoms with E-state index in [4.69, 9.17) is 11.6 Å². The monoisotopic (exact) mass is 281 g/mol. The van der Waals surface area contributed by atoms with Crippen LogP contribution in [-0.2, 0) is 6.54 Å². The Morgan fingerprint density at radius 2 is 2.22 bits per heavy atom. The molecular formula is C13H16ClN3S. The Hall–Kier alpha value is -0.840. The van der Waals surface area contributed by atoms with Gasteiger partial charge in [-0.15, -0.1) is 11.3 Å². The lowest BCUT2D eigenvalue weighted by Crippen LogP contribution is -2.25. The second-order valence-electron chi connectivity index (χ2n) is 4.71. The number of aromatic nitrogens is 2. The van der Waals surface area contributed by atoms with Gasteiger partial charge in [0.05, 0.1) is 27.6 Å². The maximum absolute atomic E-state index is 5.94. The summed E-state index contributed by atoms with van der Waals surface area (Å²) in [4.78, 5) is 8.89. The summed E-state index contributed by atoms with van der Waals surface area (Å²) >= 11 is 7.51. The third-order valence-electron chi connectivity index (χ3n) is 3.38. The molecule has 0 radical (unpaired) electrons. The molecule has 0 amide bonds. The number of hydrogen-bond acceptors (Lipinski definition) is 3. The number of rotatable bonds is 4. The minimum absolute atomic E-state index is 0.676. The van der Waals surface area contributed by atoms with Crippen LogP contribution in [0.5, 0.6) is 0 Å². The van der Waals surface area contributed by atoms with Crippen molar-refractivity contribution in [3.05, 3.63) is 28.5 Å². The Morgan fingerprint density at radius 3 is 2.94 bits per heavy atom. The molecule has 0 atom stereocenters. The highest BCUT2D eigenvalue weighted by atomic mass is 35.5. The molecule has 0 aliphatic heterocycles. The van der Waals surface area contributed by atoms with Crippen molar-refractivity contribution in [2.75, 3.05) is 0 Å². The Labute approximate surface area is 116 Å². The van der Waals surface area contributed by atoms with Crippen LogP contribution in [0.2, 0.25) is 4.34 Å². The molecule has 3 rings (SSSR count). The molecule has 1 aliphatic rings. The Morgan fingerprint density at radius 1 is 1.39 bits per heavy atom. The standard InChI is InChI=1S/C13H16ClN3S/c14-12-6-5-11(18-12)10-7-16-13(17-10)8-15-9-3-1-2-4-9/h5-7,9,15H,1-4,8H2,(H,16,17). The lowest BCUT2D eigenvalue weighted by atomic mass is 10.2. The number of H-pyrrole nitrogens is 1. The van der Waals surface area contributed by atoms with E-state index in [9.17, 15) is 0 Å². The maximum Gasteiger partial charge on any atom is 0.120 e. The highest BCUT2D eigenvalue weighted by molar-refractivity contribution is 7.19. The summed E-state index contributed by atoms with van der Waals surface area (Å²) in [6.07, 6.45) is 7.19. The van der Waals surface area contributed by atoms with Crippen LogP contribution in [0.25, 0.3) is 10.6 Å². The van der Waals surface area contributed by atoms with E-state index in [2.05, 4.69) is 15.3 Å². The minimum atomic E-state index is 0.676. The summed E-state index contributed by atoms with van der Waals surface area (Å²) < 4.78 is 0.810. The molecule has 0 unspecified atom stereocenters. The van der Waals surface area contributed by atoms with Gasteiger partial charge in [-0.05, 0) is 25.0 Å². The summed E-state index contributed by atoms with van der Waals surface area (Å²) in [5.74, 6) is 1.00. The second-order valence-corrected chi connectivity index (χ2v) is 6.42. The van der Waals surface area contributed by atoms with E-state index < -0.39 is 0 Å². The van der Waals surface area contributed by atoms with Crippen molar-refractivity contribution in [1.82, 2.24) is 15.3 Å². The summed E-state index contributed by atoms with van der Waals surface area (Å²) in [7, 11) is 0. The molecule has 3 nitrogen and oxygen atoms in total. The van der Waals surface area contributed by atoms with Crippen molar-refractivity contribution < 1.29 is 0 Å². The molecule has 0 spiro atoms. The molecule has 1 aliphatic carbocycles. The predicted octanol–water partition coefficient (Wildman–Crippen LogP) is 3.82. The van der Waals surface area contributed by atoms with Gasteiger partial charge in [0.25, 0.3) is 0 Å². The number of nitrogens with one attached hydrogen (secondary N) is 2. The molecule has 2 N–H and O–H groups in total. The first-order valence-corrected chi connectivity index (χ1v) is 7.54. The van der Waals surface area contributed by atoms with Crippen molar-refractivity contribution in [3.8, 4) is 10.6 Å². The van der Waals surface area contributed by atoms with Gasteiger partial charge >= 0.3 is 0 Å². The van der Waals surface area contributed by atoms with Crippen molar-refractivity contribution in [1.29, 1.82) is 0 Å². The van der Waals surface area contributed by atoms with Gasteiger partial charge in [-0.1, -0.05) is 24.4 Å². The van der Waals surface area contributed by atoms with Gasteiger partial charge in [-0.2, -0.15) is 0 Å². The first-order chi connectivity index (χ1) is 8.81. The van der Waals surface area contributed by atoms with E-state index in [1.807, 2.05) is 18.3 Å². The summed E-state index contributed by atoms with van der Waals surface area (Å²) in [5.41, 5.74) is 1.05. The van der Waals surface area contributed by atoms with Crippen LogP contribution < -0.4 is 5.32 Å². The average Bonchev–Trinajstić information content (AvgIpc) is 3.07. The van der Waals surface area contributed by atoms with Crippen LogP contribution >= 0.6 is 22.9 Å². The van der Waals surface area contributed by atoms with Crippen LogP contribution in [0.1, 0.15) is 31.5 Å². The third kappa shape index (κ3) is 2.76. The largest absolute Gasteiger partial charge is 0.340 e. The van der Waals surface area contributed by atoms with Crippen molar-refractivity contribution in [2.45, 2.75) is 38.3 Å². The lowest BCUT2D eigenvalue weighted by Gasteiger charge is -2.09. The van der Waals surface area contributed by atoms with E-state index in [0.717, 1.165) is 27.3 Å². The topological polar surface area (TPSA) is 40.7 Å². The Kier molecular flexibility index (Phi) is 3.68. The molecule has 2 aromatic heterocycles. The molecule has 5 heteroatoms. The molecular weight excluding hydrogens is 266 g/mol. The summed E-state index contributed by atoms with van der Waals surface area (Å²) in [6.45, 7) is 0.823. The van der Waals surface area contributed by atoms with Gasteiger partial charge in [0.15, 0.2) is 0 Å². The predicted molar refractivity (Wildman–Crippen MR) is 76.0 cm³/mol. The molecule has 96 valence electrons. The van der Waals surface area contributed by atoms with Crippen molar-refractivity contribution in [2.24, 2.45) is 0 Å². The van der Waals surface area contributed by atoms with E-state index in [0.29, 0.717) is 6.04 Å². The number of imidazole rings is 1. The molecule has 2 aromatic rings. The van der Waals surface area contributed by atoms with Gasteiger partial charge in [0, 0.05) is 6.04 Å². The molecule has 0 bridgehead atoms. The fourth-order valence-electron chi connectivity index (χ4n) is 2.41. The van der Waals surface area contributed by atoms with Crippen LogP contribution in [0, 0.1) is 0 Å². The highest BCUT2D eigenvalue weighted by Gasteiger charge is 2.14. The number of aromatic amines is 1. The molecule has 1 saturated carbocycles. The minimum Gasteiger partial charge on any atom is -0.340 e. The third-order valence-corrected chi connectivity index (χ3v) is 4.64. The fraction of sp³-hybridized carbons (Fsp3) is 0.462. The molecule has 0 aromatic carbocycles. The summed E-state index contributed by atoms with van der Waals surface area (Å²) in [5, 5.41) is 3.55. The SMILES string of the molecule is Clc1ccc(-c2cnc(CNC3CCCC3)[nH]2)s1. The smallest absolute Gasteiger partial charge is 0.120 e. The van der Waals surface area contributed by atoms with Crippen LogP contribution in [0.3, 0.4) is 0 Å². The van der Waals surface area contributed by atoms with Crippen LogP contribution in [-0.4, -0.2) is 16.0 Å². The Bertz CT molecular complexity index is 514. The second kappa shape index (κ2) is 5.43. The highest BCUT2D eigenvalue weighted by Crippen LogP contribution is 2.29. The van der Waals surface area contributed by atoms with E-state index in [1.165, 1.54) is 25.7 Å². The zero-order valence-electron chi connectivity index (χ0n) is 10.1. The van der Waals surface area contributed by atoms with Crippen LogP contribution in [0.15, 0.2) is 18.3 Å². The lowest BCUT2D eigenvalue weighted by molar-refractivity contribution is 0.515. The zero-order chi connectivity index (χ0) is 12.4. The molecule has 2 heterocycles. The fourth-order valence-corrected chi connectivity index (χ4v) is 3.42. The number of thiophene rings is 1. The van der Waals surface area contributed by atoms with Crippen molar-refractivity contribution >= 4 is 22.9 Å². The molecule has 1 fully saturated rings. The number of halogens is 1. The van der Waals surface area contributed by atoms with Crippen LogP contribution in [0.4, 0.5) is 0 Å². The maximum atomic E-state index is 5.94. The van der Waals surface area contributed by atoms with Gasteiger partial charge in [-0.3, -0.25) is 0 Å². The zero-order valence-corrected chi connectivity index (χ0v) is 11.7. The quantitative estimate of drug-likeness (QED) is 0.894. The number of hydrogen-bond donors (Lipinski definition) is 2. The molecule has 18 heavy (non-hydrogen) atoms. The summed E-state index contributed by atoms with van der Waals surface area (Å²) in [6, 6.07) is 4.61. The normalized spacial score (nSPS) is 16.5. The first-order valence-electron chi connectivity index (χ1n) is 6.34. The van der Waals surface area contributed by atoms with Gasteiger partial charge in [0.2, 0.25) is 0 Å². The average molecular weight is 282 g/mol. The van der Waals surface area contributed by atoms with E-state index >= 15 is 0 Å². The van der Waals surface area contributed by atoms with Crippen molar-refractivity contribution in [3.63, 3.8) is 0 Å². The van der Waals surface area contributed by atoms with E-state index in [1.54, 1.807) is 11.3 Å². The Balaban J connectivity index is 1.62. The van der Waals surface area contributed by atoms with Gasteiger partial charge in [0.1, 0.15) is 5.82 Å².